The first kappa shape index (κ1) is 25.6. The summed E-state index contributed by atoms with van der Waals surface area (Å²) in [7, 11) is 1.84. The molecule has 1 aromatic heterocycles. The summed E-state index contributed by atoms with van der Waals surface area (Å²) < 4.78 is 7.66. The number of hydrogen-bond acceptors (Lipinski definition) is 3. The Kier molecular flexibility index (Phi) is 10.3. The van der Waals surface area contributed by atoms with Crippen LogP contribution in [0.1, 0.15) is 56.0 Å². The molecular weight excluding hydrogens is 501 g/mol. The largest absolute Gasteiger partial charge is 0.382 e. The average molecular weight is 540 g/mol. The van der Waals surface area contributed by atoms with E-state index in [4.69, 9.17) is 4.74 Å². The van der Waals surface area contributed by atoms with Crippen LogP contribution in [0.4, 0.5) is 0 Å². The van der Waals surface area contributed by atoms with Gasteiger partial charge in [-0.15, -0.1) is 24.0 Å². The molecule has 172 valence electrons. The number of hydrogen-bond donors (Lipinski definition) is 2. The van der Waals surface area contributed by atoms with E-state index < -0.39 is 0 Å². The molecule has 0 bridgehead atoms. The highest BCUT2D eigenvalue weighted by atomic mass is 127. The van der Waals surface area contributed by atoms with Crippen LogP contribution in [0, 0.1) is 19.3 Å². The average Bonchev–Trinajstić information content (AvgIpc) is 3.35. The van der Waals surface area contributed by atoms with Crippen molar-refractivity contribution in [3.8, 4) is 5.69 Å². The van der Waals surface area contributed by atoms with Crippen LogP contribution in [-0.2, 0) is 11.3 Å². The molecule has 0 amide bonds. The zero-order chi connectivity index (χ0) is 21.4. The Morgan fingerprint density at radius 2 is 1.94 bits per heavy atom. The van der Waals surface area contributed by atoms with Crippen LogP contribution in [-0.4, -0.2) is 42.5 Å². The Morgan fingerprint density at radius 1 is 1.19 bits per heavy atom. The fourth-order valence-electron chi connectivity index (χ4n) is 4.48. The summed E-state index contributed by atoms with van der Waals surface area (Å²) in [5.41, 5.74) is 4.80. The summed E-state index contributed by atoms with van der Waals surface area (Å²) in [6.07, 6.45) is 6.28. The molecule has 0 saturated heterocycles. The highest BCUT2D eigenvalue weighted by molar-refractivity contribution is 14.0. The van der Waals surface area contributed by atoms with Crippen LogP contribution < -0.4 is 10.6 Å². The molecule has 7 heteroatoms. The Bertz CT molecular complexity index is 842. The molecule has 0 unspecified atom stereocenters. The van der Waals surface area contributed by atoms with E-state index in [-0.39, 0.29) is 24.0 Å². The molecule has 1 aromatic carbocycles. The van der Waals surface area contributed by atoms with Crippen LogP contribution in [0.15, 0.2) is 35.3 Å². The lowest BCUT2D eigenvalue weighted by Gasteiger charge is -2.30. The Hall–Kier alpha value is -1.61. The molecule has 1 heterocycles. The lowest BCUT2D eigenvalue weighted by molar-refractivity contribution is 0.105. The second kappa shape index (κ2) is 12.4. The van der Waals surface area contributed by atoms with Crippen molar-refractivity contribution < 1.29 is 4.74 Å². The summed E-state index contributed by atoms with van der Waals surface area (Å²) in [5.74, 6) is 0.848. The van der Waals surface area contributed by atoms with Gasteiger partial charge in [-0.3, -0.25) is 4.99 Å². The van der Waals surface area contributed by atoms with Crippen molar-refractivity contribution in [2.45, 2.75) is 59.4 Å². The lowest BCUT2D eigenvalue weighted by atomic mass is 9.83. The van der Waals surface area contributed by atoms with Crippen LogP contribution in [0.25, 0.3) is 5.69 Å². The number of aliphatic imine (C=N–C) groups is 1. The first-order valence-electron chi connectivity index (χ1n) is 11.2. The summed E-state index contributed by atoms with van der Waals surface area (Å²) >= 11 is 0. The van der Waals surface area contributed by atoms with Crippen molar-refractivity contribution in [1.82, 2.24) is 20.4 Å². The van der Waals surface area contributed by atoms with E-state index in [1.807, 2.05) is 18.7 Å². The van der Waals surface area contributed by atoms with Gasteiger partial charge in [-0.05, 0) is 63.1 Å². The summed E-state index contributed by atoms with van der Waals surface area (Å²) in [4.78, 5) is 4.46. The van der Waals surface area contributed by atoms with Gasteiger partial charge < -0.3 is 15.4 Å². The predicted octanol–water partition coefficient (Wildman–Crippen LogP) is 4.76. The van der Waals surface area contributed by atoms with Crippen molar-refractivity contribution in [2.24, 2.45) is 10.4 Å². The molecule has 1 saturated carbocycles. The summed E-state index contributed by atoms with van der Waals surface area (Å²) in [5, 5.41) is 11.7. The third kappa shape index (κ3) is 6.94. The SMILES string of the molecule is CCOCCC1(CNC(=NC)NCc2ccccc2-n2nc(C)cc2C)CCCC1.I. The third-order valence-electron chi connectivity index (χ3n) is 6.18. The highest BCUT2D eigenvalue weighted by Gasteiger charge is 2.33. The van der Waals surface area contributed by atoms with Gasteiger partial charge in [-0.25, -0.2) is 4.68 Å². The van der Waals surface area contributed by atoms with Gasteiger partial charge in [0.15, 0.2) is 5.96 Å². The maximum atomic E-state index is 5.64. The molecule has 0 radical (unpaired) electrons. The van der Waals surface area contributed by atoms with Crippen LogP contribution in [0.3, 0.4) is 0 Å². The fraction of sp³-hybridized carbons (Fsp3) is 0.583. The van der Waals surface area contributed by atoms with Crippen LogP contribution in [0.5, 0.6) is 0 Å². The minimum Gasteiger partial charge on any atom is -0.382 e. The topological polar surface area (TPSA) is 63.5 Å². The second-order valence-electron chi connectivity index (χ2n) is 8.40. The third-order valence-corrected chi connectivity index (χ3v) is 6.18. The minimum absolute atomic E-state index is 0. The summed E-state index contributed by atoms with van der Waals surface area (Å²) in [6.45, 7) is 9.46. The maximum absolute atomic E-state index is 5.64. The second-order valence-corrected chi connectivity index (χ2v) is 8.40. The number of guanidine groups is 1. The molecule has 1 fully saturated rings. The molecule has 2 aromatic rings. The van der Waals surface area contributed by atoms with E-state index in [0.29, 0.717) is 12.0 Å². The molecule has 1 aliphatic carbocycles. The predicted molar refractivity (Wildman–Crippen MR) is 139 cm³/mol. The van der Waals surface area contributed by atoms with Crippen molar-refractivity contribution >= 4 is 29.9 Å². The van der Waals surface area contributed by atoms with E-state index in [9.17, 15) is 0 Å². The smallest absolute Gasteiger partial charge is 0.191 e. The number of benzene rings is 1. The van der Waals surface area contributed by atoms with Gasteiger partial charge in [0.1, 0.15) is 0 Å². The van der Waals surface area contributed by atoms with Crippen LogP contribution >= 0.6 is 24.0 Å². The van der Waals surface area contributed by atoms with E-state index >= 15 is 0 Å². The van der Waals surface area contributed by atoms with E-state index in [1.54, 1.807) is 0 Å². The quantitative estimate of drug-likeness (QED) is 0.209. The van der Waals surface area contributed by atoms with Gasteiger partial charge >= 0.3 is 0 Å². The van der Waals surface area contributed by atoms with Crippen molar-refractivity contribution in [3.63, 3.8) is 0 Å². The van der Waals surface area contributed by atoms with E-state index in [2.05, 4.69) is 64.9 Å². The standard InChI is InChI=1S/C24H37N5O.HI/c1-5-30-15-14-24(12-8-9-13-24)18-27-23(25-4)26-17-21-10-6-7-11-22(21)29-20(3)16-19(2)28-29;/h6-7,10-11,16H,5,8-9,12-15,17-18H2,1-4H3,(H2,25,26,27);1H. The highest BCUT2D eigenvalue weighted by Crippen LogP contribution is 2.40. The van der Waals surface area contributed by atoms with Gasteiger partial charge in [-0.2, -0.15) is 5.10 Å². The first-order valence-corrected chi connectivity index (χ1v) is 11.2. The monoisotopic (exact) mass is 539 g/mol. The Morgan fingerprint density at radius 3 is 2.58 bits per heavy atom. The minimum atomic E-state index is 0. The molecule has 1 aliphatic rings. The molecule has 0 spiro atoms. The Labute approximate surface area is 204 Å². The zero-order valence-corrected chi connectivity index (χ0v) is 21.7. The van der Waals surface area contributed by atoms with Crippen molar-refractivity contribution in [1.29, 1.82) is 0 Å². The number of nitrogens with zero attached hydrogens (tertiary/aromatic N) is 3. The molecule has 31 heavy (non-hydrogen) atoms. The molecular formula is C24H38IN5O. The van der Waals surface area contributed by atoms with Crippen molar-refractivity contribution in [3.05, 3.63) is 47.3 Å². The zero-order valence-electron chi connectivity index (χ0n) is 19.4. The number of aryl methyl sites for hydroxylation is 2. The van der Waals surface area contributed by atoms with Gasteiger partial charge in [0, 0.05) is 39.0 Å². The normalized spacial score (nSPS) is 15.5. The van der Waals surface area contributed by atoms with Crippen molar-refractivity contribution in [2.75, 3.05) is 26.8 Å². The van der Waals surface area contributed by atoms with Gasteiger partial charge in [0.05, 0.1) is 11.4 Å². The van der Waals surface area contributed by atoms with Crippen LogP contribution in [0.2, 0.25) is 0 Å². The number of halogens is 1. The number of aromatic nitrogens is 2. The first-order chi connectivity index (χ1) is 14.6. The number of ether oxygens (including phenoxy) is 1. The van der Waals surface area contributed by atoms with Gasteiger partial charge in [-0.1, -0.05) is 31.0 Å². The van der Waals surface area contributed by atoms with E-state index in [1.165, 1.54) is 31.2 Å². The summed E-state index contributed by atoms with van der Waals surface area (Å²) in [6, 6.07) is 10.5. The molecule has 3 rings (SSSR count). The van der Waals surface area contributed by atoms with E-state index in [0.717, 1.165) is 49.2 Å². The molecule has 2 N–H and O–H groups in total. The number of rotatable bonds is 9. The lowest BCUT2D eigenvalue weighted by Crippen LogP contribution is -2.43. The Balaban J connectivity index is 0.00000341. The number of para-hydroxylation sites is 1. The number of nitrogens with one attached hydrogen (secondary N) is 2. The molecule has 0 aliphatic heterocycles. The van der Waals surface area contributed by atoms with Gasteiger partial charge in [0.2, 0.25) is 0 Å². The fourth-order valence-corrected chi connectivity index (χ4v) is 4.48. The maximum Gasteiger partial charge on any atom is 0.191 e. The van der Waals surface area contributed by atoms with Gasteiger partial charge in [0.25, 0.3) is 0 Å². The molecule has 0 atom stereocenters. The molecule has 6 nitrogen and oxygen atoms in total.